The average molecular weight is 250 g/mol. The van der Waals surface area contributed by atoms with E-state index < -0.39 is 0 Å². The molecule has 0 atom stereocenters. The van der Waals surface area contributed by atoms with E-state index in [1.807, 2.05) is 22.0 Å². The van der Waals surface area contributed by atoms with Crippen molar-refractivity contribution < 1.29 is 14.3 Å². The van der Waals surface area contributed by atoms with Gasteiger partial charge in [-0.25, -0.2) is 0 Å². The summed E-state index contributed by atoms with van der Waals surface area (Å²) in [6, 6.07) is 3.63. The number of hydrogen-bond donors (Lipinski definition) is 1. The number of ether oxygens (including phenoxy) is 1. The Morgan fingerprint density at radius 2 is 2.47 bits per heavy atom. The summed E-state index contributed by atoms with van der Waals surface area (Å²) in [5.41, 5.74) is 0.660. The zero-order chi connectivity index (χ0) is 11.7. The van der Waals surface area contributed by atoms with Crippen LogP contribution < -0.4 is 4.74 Å². The zero-order valence-electron chi connectivity index (χ0n) is 8.87. The monoisotopic (exact) mass is 250 g/mol. The van der Waals surface area contributed by atoms with Gasteiger partial charge in [-0.1, -0.05) is 0 Å². The van der Waals surface area contributed by atoms with Gasteiger partial charge in [0, 0.05) is 11.6 Å². The summed E-state index contributed by atoms with van der Waals surface area (Å²) in [5.74, 6) is 1.18. The Hall–Kier alpha value is -1.79. The van der Waals surface area contributed by atoms with Crippen molar-refractivity contribution in [3.05, 3.63) is 41.4 Å². The van der Waals surface area contributed by atoms with E-state index in [4.69, 9.17) is 9.15 Å². The van der Waals surface area contributed by atoms with Gasteiger partial charge >= 0.3 is 0 Å². The summed E-state index contributed by atoms with van der Waals surface area (Å²) in [6.07, 6.45) is 3.45. The summed E-state index contributed by atoms with van der Waals surface area (Å²) < 4.78 is 12.5. The van der Waals surface area contributed by atoms with Gasteiger partial charge in [-0.15, -0.1) is 11.3 Å². The number of aromatic nitrogens is 2. The number of imidazole rings is 1. The molecule has 88 valence electrons. The SMILES string of the molecule is OCc1c(OCc2ccco2)nc2sccn12. The van der Waals surface area contributed by atoms with E-state index in [1.165, 1.54) is 11.3 Å². The Balaban J connectivity index is 1.86. The van der Waals surface area contributed by atoms with Crippen LogP contribution in [0.4, 0.5) is 0 Å². The molecule has 0 fully saturated rings. The number of aliphatic hydroxyl groups is 1. The topological polar surface area (TPSA) is 59.9 Å². The number of hydrogen-bond acceptors (Lipinski definition) is 5. The molecule has 3 aromatic heterocycles. The van der Waals surface area contributed by atoms with Gasteiger partial charge in [0.1, 0.15) is 18.1 Å². The Labute approximate surface area is 101 Å². The predicted molar refractivity (Wildman–Crippen MR) is 62.0 cm³/mol. The molecule has 0 aromatic carbocycles. The molecule has 3 heterocycles. The normalized spacial score (nSPS) is 11.1. The zero-order valence-corrected chi connectivity index (χ0v) is 9.68. The molecule has 0 aliphatic heterocycles. The van der Waals surface area contributed by atoms with E-state index in [0.717, 1.165) is 10.7 Å². The van der Waals surface area contributed by atoms with E-state index in [9.17, 15) is 5.11 Å². The third-order valence-electron chi connectivity index (χ3n) is 2.41. The molecule has 0 radical (unpaired) electrons. The molecule has 0 aliphatic carbocycles. The van der Waals surface area contributed by atoms with Crippen molar-refractivity contribution in [1.29, 1.82) is 0 Å². The lowest BCUT2D eigenvalue weighted by Crippen LogP contribution is -1.98. The molecule has 3 aromatic rings. The third-order valence-corrected chi connectivity index (χ3v) is 3.16. The molecule has 0 spiro atoms. The first-order chi connectivity index (χ1) is 8.38. The summed E-state index contributed by atoms with van der Waals surface area (Å²) in [7, 11) is 0. The molecule has 17 heavy (non-hydrogen) atoms. The Kier molecular flexibility index (Phi) is 2.58. The fourth-order valence-corrected chi connectivity index (χ4v) is 2.33. The lowest BCUT2D eigenvalue weighted by atomic mass is 10.4. The van der Waals surface area contributed by atoms with E-state index >= 15 is 0 Å². The number of fused-ring (bicyclic) bond motifs is 1. The third kappa shape index (κ3) is 1.81. The molecule has 0 amide bonds. The number of thiazole rings is 1. The first-order valence-electron chi connectivity index (χ1n) is 5.09. The smallest absolute Gasteiger partial charge is 0.239 e. The van der Waals surface area contributed by atoms with Crippen molar-refractivity contribution >= 4 is 16.3 Å². The summed E-state index contributed by atoms with van der Waals surface area (Å²) >= 11 is 1.50. The van der Waals surface area contributed by atoms with Gasteiger partial charge in [-0.05, 0) is 12.1 Å². The van der Waals surface area contributed by atoms with Crippen LogP contribution in [0.25, 0.3) is 4.96 Å². The van der Waals surface area contributed by atoms with Crippen LogP contribution in [0.2, 0.25) is 0 Å². The molecular formula is C11H10N2O3S. The van der Waals surface area contributed by atoms with E-state index in [1.54, 1.807) is 12.3 Å². The maximum absolute atomic E-state index is 9.32. The van der Waals surface area contributed by atoms with Gasteiger partial charge in [0.15, 0.2) is 4.96 Å². The van der Waals surface area contributed by atoms with Crippen molar-refractivity contribution in [2.45, 2.75) is 13.2 Å². The molecule has 0 saturated carbocycles. The second kappa shape index (κ2) is 4.23. The first-order valence-corrected chi connectivity index (χ1v) is 5.97. The first kappa shape index (κ1) is 10.4. The summed E-state index contributed by atoms with van der Waals surface area (Å²) in [4.78, 5) is 5.11. The molecule has 1 N–H and O–H groups in total. The second-order valence-corrected chi connectivity index (χ2v) is 4.32. The second-order valence-electron chi connectivity index (χ2n) is 3.45. The van der Waals surface area contributed by atoms with Crippen LogP contribution >= 0.6 is 11.3 Å². The van der Waals surface area contributed by atoms with Gasteiger partial charge in [-0.3, -0.25) is 4.40 Å². The fraction of sp³-hybridized carbons (Fsp3) is 0.182. The van der Waals surface area contributed by atoms with Gasteiger partial charge in [0.2, 0.25) is 5.88 Å². The fourth-order valence-electron chi connectivity index (χ4n) is 1.61. The van der Waals surface area contributed by atoms with Crippen LogP contribution in [0.3, 0.4) is 0 Å². The standard InChI is InChI=1S/C11H10N2O3S/c14-6-9-10(12-11-13(9)3-5-17-11)16-7-8-2-1-4-15-8/h1-5,14H,6-7H2. The summed E-state index contributed by atoms with van der Waals surface area (Å²) in [6.45, 7) is 0.205. The van der Waals surface area contributed by atoms with Gasteiger partial charge < -0.3 is 14.3 Å². The van der Waals surface area contributed by atoms with Crippen molar-refractivity contribution in [3.63, 3.8) is 0 Å². The Morgan fingerprint density at radius 3 is 3.24 bits per heavy atom. The van der Waals surface area contributed by atoms with Crippen LogP contribution in [0.15, 0.2) is 34.4 Å². The molecule has 0 aliphatic rings. The Bertz CT molecular complexity index is 612. The maximum atomic E-state index is 9.32. The van der Waals surface area contributed by atoms with Crippen molar-refractivity contribution in [3.8, 4) is 5.88 Å². The number of furan rings is 1. The van der Waals surface area contributed by atoms with Crippen molar-refractivity contribution in [2.24, 2.45) is 0 Å². The summed E-state index contributed by atoms with van der Waals surface area (Å²) in [5, 5.41) is 11.2. The van der Waals surface area contributed by atoms with E-state index in [0.29, 0.717) is 18.2 Å². The highest BCUT2D eigenvalue weighted by Gasteiger charge is 2.13. The average Bonchev–Trinajstić information content (AvgIpc) is 3.02. The van der Waals surface area contributed by atoms with Crippen LogP contribution in [-0.2, 0) is 13.2 Å². The predicted octanol–water partition coefficient (Wildman–Crippen LogP) is 2.06. The molecule has 6 heteroatoms. The quantitative estimate of drug-likeness (QED) is 0.770. The largest absolute Gasteiger partial charge is 0.468 e. The molecular weight excluding hydrogens is 240 g/mol. The van der Waals surface area contributed by atoms with E-state index in [2.05, 4.69) is 4.98 Å². The lowest BCUT2D eigenvalue weighted by Gasteiger charge is -2.02. The minimum absolute atomic E-state index is 0.106. The van der Waals surface area contributed by atoms with Crippen molar-refractivity contribution in [2.75, 3.05) is 0 Å². The molecule has 0 unspecified atom stereocenters. The van der Waals surface area contributed by atoms with Crippen LogP contribution in [-0.4, -0.2) is 14.5 Å². The van der Waals surface area contributed by atoms with E-state index in [-0.39, 0.29) is 6.61 Å². The number of nitrogens with zero attached hydrogens (tertiary/aromatic N) is 2. The van der Waals surface area contributed by atoms with Crippen LogP contribution in [0.1, 0.15) is 11.5 Å². The number of rotatable bonds is 4. The molecule has 0 bridgehead atoms. The van der Waals surface area contributed by atoms with Gasteiger partial charge in [0.25, 0.3) is 0 Å². The highest BCUT2D eigenvalue weighted by Crippen LogP contribution is 2.24. The Morgan fingerprint density at radius 1 is 1.53 bits per heavy atom. The maximum Gasteiger partial charge on any atom is 0.239 e. The van der Waals surface area contributed by atoms with Crippen molar-refractivity contribution in [1.82, 2.24) is 9.38 Å². The van der Waals surface area contributed by atoms with Crippen LogP contribution in [0, 0.1) is 0 Å². The molecule has 0 saturated heterocycles. The highest BCUT2D eigenvalue weighted by atomic mass is 32.1. The number of aliphatic hydroxyl groups excluding tert-OH is 1. The molecule has 5 nitrogen and oxygen atoms in total. The highest BCUT2D eigenvalue weighted by molar-refractivity contribution is 7.15. The van der Waals surface area contributed by atoms with Gasteiger partial charge in [-0.2, -0.15) is 4.98 Å². The lowest BCUT2D eigenvalue weighted by molar-refractivity contribution is 0.236. The van der Waals surface area contributed by atoms with Crippen LogP contribution in [0.5, 0.6) is 5.88 Å². The van der Waals surface area contributed by atoms with Gasteiger partial charge in [0.05, 0.1) is 12.9 Å². The molecule has 3 rings (SSSR count). The minimum atomic E-state index is -0.106. The minimum Gasteiger partial charge on any atom is -0.468 e.